The zero-order valence-electron chi connectivity index (χ0n) is 19.5. The number of carbonyl (C=O) groups is 3. The van der Waals surface area contributed by atoms with Crippen molar-refractivity contribution in [3.8, 4) is 11.1 Å². The zero-order chi connectivity index (χ0) is 24.2. The number of amides is 2. The smallest absolute Gasteiger partial charge is 0.407 e. The summed E-state index contributed by atoms with van der Waals surface area (Å²) < 4.78 is 5.52. The van der Waals surface area contributed by atoms with Gasteiger partial charge in [-0.3, -0.25) is 9.59 Å². The summed E-state index contributed by atoms with van der Waals surface area (Å²) >= 11 is 0. The van der Waals surface area contributed by atoms with Gasteiger partial charge in [0.25, 0.3) is 0 Å². The van der Waals surface area contributed by atoms with Crippen molar-refractivity contribution < 1.29 is 24.2 Å². The molecule has 1 aliphatic carbocycles. The Morgan fingerprint density at radius 3 is 2.29 bits per heavy atom. The molecule has 178 valence electrons. The first-order valence-corrected chi connectivity index (χ1v) is 11.7. The van der Waals surface area contributed by atoms with Crippen molar-refractivity contribution in [3.63, 3.8) is 0 Å². The molecule has 0 spiro atoms. The van der Waals surface area contributed by atoms with Crippen LogP contribution < -0.4 is 5.32 Å². The fourth-order valence-electron chi connectivity index (χ4n) is 4.95. The molecule has 0 radical (unpaired) electrons. The average molecular weight is 463 g/mol. The Hall–Kier alpha value is -3.61. The Morgan fingerprint density at radius 1 is 1.09 bits per heavy atom. The number of hydrogen-bond donors (Lipinski definition) is 2. The van der Waals surface area contributed by atoms with E-state index in [0.717, 1.165) is 11.1 Å². The number of rotatable bonds is 6. The zero-order valence-corrected chi connectivity index (χ0v) is 19.5. The van der Waals surface area contributed by atoms with E-state index >= 15 is 0 Å². The van der Waals surface area contributed by atoms with Gasteiger partial charge in [0, 0.05) is 30.6 Å². The molecule has 2 aromatic carbocycles. The van der Waals surface area contributed by atoms with Crippen molar-refractivity contribution in [1.29, 1.82) is 0 Å². The number of alkyl carbamates (subject to hydrolysis) is 1. The highest BCUT2D eigenvalue weighted by atomic mass is 16.5. The van der Waals surface area contributed by atoms with Crippen molar-refractivity contribution in [2.75, 3.05) is 19.7 Å². The summed E-state index contributed by atoms with van der Waals surface area (Å²) in [5.74, 6) is -1.35. The predicted octanol–water partition coefficient (Wildman–Crippen LogP) is 4.18. The largest absolute Gasteiger partial charge is 0.481 e. The van der Waals surface area contributed by atoms with Crippen LogP contribution in [0.25, 0.3) is 11.1 Å². The van der Waals surface area contributed by atoms with Gasteiger partial charge in [0.15, 0.2) is 0 Å². The van der Waals surface area contributed by atoms with Gasteiger partial charge in [-0.2, -0.15) is 0 Å². The molecule has 2 aromatic rings. The van der Waals surface area contributed by atoms with E-state index in [0.29, 0.717) is 25.0 Å². The Labute approximate surface area is 199 Å². The first kappa shape index (κ1) is 23.5. The van der Waals surface area contributed by atoms with Crippen LogP contribution in [0.1, 0.15) is 43.7 Å². The molecule has 1 aliphatic heterocycles. The Balaban J connectivity index is 1.28. The van der Waals surface area contributed by atoms with Crippen LogP contribution in [-0.4, -0.2) is 53.7 Å². The molecule has 7 nitrogen and oxygen atoms in total. The number of hydrogen-bond acceptors (Lipinski definition) is 4. The Kier molecular flexibility index (Phi) is 7.01. The summed E-state index contributed by atoms with van der Waals surface area (Å²) in [6.07, 6.45) is 2.04. The van der Waals surface area contributed by atoms with Gasteiger partial charge in [0.1, 0.15) is 6.61 Å². The Morgan fingerprint density at radius 2 is 1.71 bits per heavy atom. The third-order valence-electron chi connectivity index (χ3n) is 6.82. The monoisotopic (exact) mass is 462 g/mol. The normalized spacial score (nSPS) is 19.8. The molecule has 2 N–H and O–H groups in total. The number of nitrogens with zero attached hydrogens (tertiary/aromatic N) is 1. The van der Waals surface area contributed by atoms with Gasteiger partial charge in [0.2, 0.25) is 5.91 Å². The van der Waals surface area contributed by atoms with Gasteiger partial charge in [-0.15, -0.1) is 0 Å². The van der Waals surface area contributed by atoms with Crippen LogP contribution in [0.15, 0.2) is 60.2 Å². The first-order chi connectivity index (χ1) is 16.4. The highest BCUT2D eigenvalue weighted by Gasteiger charge is 2.32. The molecule has 0 saturated carbocycles. The standard InChI is InChI=1S/C27H30N2O5/c1-17(25(30)29-14-12-19(26(31)32)15-18(29)2)11-13-28-27(33)34-16-24-22-9-5-3-7-20(22)21-8-4-6-10-23(21)24/h3-11,18-19,24H,12-16H2,1-2H3,(H,28,33)(H,31,32)/b17-11+/t18-,19-/m1/s1. The van der Waals surface area contributed by atoms with Crippen molar-refractivity contribution in [1.82, 2.24) is 10.2 Å². The predicted molar refractivity (Wildman–Crippen MR) is 128 cm³/mol. The molecule has 2 aliphatic rings. The highest BCUT2D eigenvalue weighted by molar-refractivity contribution is 5.93. The van der Waals surface area contributed by atoms with E-state index < -0.39 is 18.0 Å². The van der Waals surface area contributed by atoms with E-state index in [1.807, 2.05) is 31.2 Å². The summed E-state index contributed by atoms with van der Waals surface area (Å²) in [6.45, 7) is 4.40. The second-order valence-corrected chi connectivity index (χ2v) is 9.00. The lowest BCUT2D eigenvalue weighted by Gasteiger charge is -2.36. The number of likely N-dealkylation sites (tertiary alicyclic amines) is 1. The number of ether oxygens (including phenoxy) is 1. The number of fused-ring (bicyclic) bond motifs is 3. The van der Waals surface area contributed by atoms with Crippen molar-refractivity contribution in [2.45, 2.75) is 38.6 Å². The quantitative estimate of drug-likeness (QED) is 0.628. The van der Waals surface area contributed by atoms with Crippen LogP contribution in [0.5, 0.6) is 0 Å². The number of carboxylic acid groups (broad SMARTS) is 1. The summed E-state index contributed by atoms with van der Waals surface area (Å²) in [6, 6.07) is 16.2. The summed E-state index contributed by atoms with van der Waals surface area (Å²) in [5.41, 5.74) is 5.16. The van der Waals surface area contributed by atoms with Crippen molar-refractivity contribution in [2.24, 2.45) is 5.92 Å². The second kappa shape index (κ2) is 10.1. The molecule has 2 atom stereocenters. The topological polar surface area (TPSA) is 95.9 Å². The van der Waals surface area contributed by atoms with E-state index in [2.05, 4.69) is 29.6 Å². The van der Waals surface area contributed by atoms with Gasteiger partial charge < -0.3 is 20.1 Å². The lowest BCUT2D eigenvalue weighted by atomic mass is 9.91. The number of aliphatic carboxylic acids is 1. The number of carboxylic acids is 1. The fourth-order valence-corrected chi connectivity index (χ4v) is 4.95. The Bertz CT molecular complexity index is 1080. The molecule has 1 fully saturated rings. The average Bonchev–Trinajstić information content (AvgIpc) is 3.16. The molecule has 0 aromatic heterocycles. The van der Waals surface area contributed by atoms with Crippen LogP contribution in [-0.2, 0) is 14.3 Å². The molecule has 1 heterocycles. The molecule has 0 bridgehead atoms. The lowest BCUT2D eigenvalue weighted by molar-refractivity contribution is -0.146. The SMILES string of the molecule is C/C(=C\CNC(=O)OCC1c2ccccc2-c2ccccc21)C(=O)N1CC[C@@H](C(=O)O)C[C@H]1C. The molecular weight excluding hydrogens is 432 g/mol. The van der Waals surface area contributed by atoms with E-state index in [4.69, 9.17) is 4.74 Å². The second-order valence-electron chi connectivity index (χ2n) is 9.00. The minimum Gasteiger partial charge on any atom is -0.481 e. The molecule has 0 unspecified atom stereocenters. The van der Waals surface area contributed by atoms with Crippen molar-refractivity contribution >= 4 is 18.0 Å². The number of nitrogens with one attached hydrogen (secondary N) is 1. The summed E-state index contributed by atoms with van der Waals surface area (Å²) in [5, 5.41) is 11.9. The fraction of sp³-hybridized carbons (Fsp3) is 0.370. The molecular formula is C27H30N2O5. The maximum Gasteiger partial charge on any atom is 0.407 e. The maximum atomic E-state index is 12.8. The third kappa shape index (κ3) is 4.83. The maximum absolute atomic E-state index is 12.8. The van der Waals surface area contributed by atoms with Gasteiger partial charge in [-0.05, 0) is 48.9 Å². The van der Waals surface area contributed by atoms with Crippen molar-refractivity contribution in [3.05, 3.63) is 71.3 Å². The van der Waals surface area contributed by atoms with E-state index in [-0.39, 0.29) is 31.0 Å². The molecule has 1 saturated heterocycles. The molecule has 4 rings (SSSR count). The van der Waals surface area contributed by atoms with E-state index in [9.17, 15) is 19.5 Å². The van der Waals surface area contributed by atoms with Gasteiger partial charge in [-0.25, -0.2) is 4.79 Å². The van der Waals surface area contributed by atoms with Crippen LogP contribution in [0.2, 0.25) is 0 Å². The van der Waals surface area contributed by atoms with Crippen LogP contribution in [0.4, 0.5) is 4.79 Å². The molecule has 2 amide bonds. The number of benzene rings is 2. The van der Waals surface area contributed by atoms with E-state index in [1.165, 1.54) is 11.1 Å². The molecule has 7 heteroatoms. The first-order valence-electron chi connectivity index (χ1n) is 11.7. The minimum atomic E-state index is -0.807. The van der Waals surface area contributed by atoms with Gasteiger partial charge in [-0.1, -0.05) is 54.6 Å². The number of carbonyl (C=O) groups excluding carboxylic acids is 2. The lowest BCUT2D eigenvalue weighted by Crippen LogP contribution is -2.46. The van der Waals surface area contributed by atoms with Gasteiger partial charge in [0.05, 0.1) is 5.92 Å². The third-order valence-corrected chi connectivity index (χ3v) is 6.82. The molecule has 34 heavy (non-hydrogen) atoms. The number of piperidine rings is 1. The van der Waals surface area contributed by atoms with Crippen LogP contribution in [0, 0.1) is 5.92 Å². The van der Waals surface area contributed by atoms with Gasteiger partial charge >= 0.3 is 12.1 Å². The van der Waals surface area contributed by atoms with Crippen LogP contribution in [0.3, 0.4) is 0 Å². The minimum absolute atomic E-state index is 0.00720. The van der Waals surface area contributed by atoms with E-state index in [1.54, 1.807) is 17.9 Å². The summed E-state index contributed by atoms with van der Waals surface area (Å²) in [7, 11) is 0. The summed E-state index contributed by atoms with van der Waals surface area (Å²) in [4.78, 5) is 38.0. The highest BCUT2D eigenvalue weighted by Crippen LogP contribution is 2.44. The van der Waals surface area contributed by atoms with Crippen LogP contribution >= 0.6 is 0 Å².